The van der Waals surface area contributed by atoms with E-state index in [1.54, 1.807) is 0 Å². The van der Waals surface area contributed by atoms with Gasteiger partial charge in [-0.2, -0.15) is 0 Å². The monoisotopic (exact) mass is 269 g/mol. The van der Waals surface area contributed by atoms with Gasteiger partial charge >= 0.3 is 6.09 Å². The number of carbonyl (C=O) groups excluding carboxylic acids is 1. The lowest BCUT2D eigenvalue weighted by molar-refractivity contribution is -0.0637. The van der Waals surface area contributed by atoms with Crippen LogP contribution in [-0.2, 0) is 4.74 Å². The SMILES string of the molecule is CC(O)C1CC2(CCN(C(=O)OC(C)(C)C)CC2)C1. The summed E-state index contributed by atoms with van der Waals surface area (Å²) in [5, 5.41) is 9.57. The van der Waals surface area contributed by atoms with Gasteiger partial charge in [0, 0.05) is 13.1 Å². The molecule has 1 saturated carbocycles. The number of carbonyl (C=O) groups is 1. The molecule has 2 aliphatic rings. The molecule has 0 aromatic heterocycles. The molecule has 2 fully saturated rings. The van der Waals surface area contributed by atoms with E-state index in [1.165, 1.54) is 0 Å². The van der Waals surface area contributed by atoms with Crippen LogP contribution in [-0.4, -0.2) is 40.9 Å². The van der Waals surface area contributed by atoms with Crippen molar-refractivity contribution in [2.75, 3.05) is 13.1 Å². The maximum atomic E-state index is 12.0. The molecular formula is C15H27NO3. The van der Waals surface area contributed by atoms with Gasteiger partial charge < -0.3 is 14.7 Å². The highest BCUT2D eigenvalue weighted by molar-refractivity contribution is 5.68. The highest BCUT2D eigenvalue weighted by atomic mass is 16.6. The van der Waals surface area contributed by atoms with Crippen molar-refractivity contribution in [1.82, 2.24) is 4.90 Å². The Morgan fingerprint density at radius 1 is 1.32 bits per heavy atom. The first-order chi connectivity index (χ1) is 8.71. The summed E-state index contributed by atoms with van der Waals surface area (Å²) >= 11 is 0. The van der Waals surface area contributed by atoms with Crippen molar-refractivity contribution in [2.45, 2.75) is 65.1 Å². The summed E-state index contributed by atoms with van der Waals surface area (Å²) in [5.41, 5.74) is -0.0275. The van der Waals surface area contributed by atoms with E-state index >= 15 is 0 Å². The van der Waals surface area contributed by atoms with Crippen molar-refractivity contribution in [3.8, 4) is 0 Å². The molecule has 4 nitrogen and oxygen atoms in total. The van der Waals surface area contributed by atoms with Gasteiger partial charge in [-0.3, -0.25) is 0 Å². The smallest absolute Gasteiger partial charge is 0.410 e. The van der Waals surface area contributed by atoms with Crippen LogP contribution in [0.2, 0.25) is 0 Å². The second-order valence-electron chi connectivity index (χ2n) is 7.38. The lowest BCUT2D eigenvalue weighted by Crippen LogP contribution is -2.51. The van der Waals surface area contributed by atoms with E-state index in [-0.39, 0.29) is 12.2 Å². The van der Waals surface area contributed by atoms with E-state index in [1.807, 2.05) is 32.6 Å². The van der Waals surface area contributed by atoms with Crippen LogP contribution in [0.25, 0.3) is 0 Å². The van der Waals surface area contributed by atoms with Crippen LogP contribution in [0, 0.1) is 11.3 Å². The summed E-state index contributed by atoms with van der Waals surface area (Å²) in [5.74, 6) is 0.466. The van der Waals surface area contributed by atoms with Crippen LogP contribution >= 0.6 is 0 Å². The fraction of sp³-hybridized carbons (Fsp3) is 0.933. The van der Waals surface area contributed by atoms with Crippen molar-refractivity contribution < 1.29 is 14.6 Å². The Labute approximate surface area is 116 Å². The van der Waals surface area contributed by atoms with Gasteiger partial charge in [0.25, 0.3) is 0 Å². The summed E-state index contributed by atoms with van der Waals surface area (Å²) in [6.45, 7) is 9.16. The van der Waals surface area contributed by atoms with Gasteiger partial charge in [0.15, 0.2) is 0 Å². The quantitative estimate of drug-likeness (QED) is 0.796. The lowest BCUT2D eigenvalue weighted by atomic mass is 9.56. The second kappa shape index (κ2) is 4.97. The number of aliphatic hydroxyl groups excluding tert-OH is 1. The molecule has 1 unspecified atom stereocenters. The van der Waals surface area contributed by atoms with Crippen LogP contribution in [0.5, 0.6) is 0 Å². The van der Waals surface area contributed by atoms with Crippen molar-refractivity contribution in [3.05, 3.63) is 0 Å². The van der Waals surface area contributed by atoms with Crippen LogP contribution in [0.4, 0.5) is 4.79 Å². The van der Waals surface area contributed by atoms with Gasteiger partial charge in [0.05, 0.1) is 6.10 Å². The van der Waals surface area contributed by atoms with Crippen molar-refractivity contribution >= 4 is 6.09 Å². The molecule has 1 heterocycles. The number of ether oxygens (including phenoxy) is 1. The Morgan fingerprint density at radius 2 is 1.84 bits per heavy atom. The van der Waals surface area contributed by atoms with Gasteiger partial charge in [-0.05, 0) is 64.7 Å². The minimum atomic E-state index is -0.417. The molecule has 0 bridgehead atoms. The molecule has 4 heteroatoms. The van der Waals surface area contributed by atoms with Crippen LogP contribution in [0.15, 0.2) is 0 Å². The first kappa shape index (κ1) is 14.6. The van der Waals surface area contributed by atoms with Crippen molar-refractivity contribution in [2.24, 2.45) is 11.3 Å². The number of hydrogen-bond acceptors (Lipinski definition) is 3. The first-order valence-electron chi connectivity index (χ1n) is 7.37. The minimum Gasteiger partial charge on any atom is -0.444 e. The molecular weight excluding hydrogens is 242 g/mol. The fourth-order valence-corrected chi connectivity index (χ4v) is 3.29. The topological polar surface area (TPSA) is 49.8 Å². The number of rotatable bonds is 1. The number of aliphatic hydroxyl groups is 1. The number of hydrogen-bond donors (Lipinski definition) is 1. The second-order valence-corrected chi connectivity index (χ2v) is 7.38. The molecule has 1 atom stereocenters. The molecule has 0 radical (unpaired) electrons. The maximum Gasteiger partial charge on any atom is 0.410 e. The molecule has 1 aliphatic carbocycles. The molecule has 1 spiro atoms. The predicted octanol–water partition coefficient (Wildman–Crippen LogP) is 2.79. The van der Waals surface area contributed by atoms with E-state index < -0.39 is 5.60 Å². The maximum absolute atomic E-state index is 12.0. The van der Waals surface area contributed by atoms with Gasteiger partial charge in [0.2, 0.25) is 0 Å². The average molecular weight is 269 g/mol. The first-order valence-corrected chi connectivity index (χ1v) is 7.37. The summed E-state index contributed by atoms with van der Waals surface area (Å²) in [6, 6.07) is 0. The number of nitrogens with zero attached hydrogens (tertiary/aromatic N) is 1. The van der Waals surface area contributed by atoms with Gasteiger partial charge in [-0.1, -0.05) is 0 Å². The molecule has 1 amide bonds. The zero-order valence-corrected chi connectivity index (χ0v) is 12.6. The van der Waals surface area contributed by atoms with Gasteiger partial charge in [-0.15, -0.1) is 0 Å². The van der Waals surface area contributed by atoms with Crippen LogP contribution in [0.3, 0.4) is 0 Å². The molecule has 110 valence electrons. The van der Waals surface area contributed by atoms with E-state index in [0.717, 1.165) is 38.8 Å². The van der Waals surface area contributed by atoms with Gasteiger partial charge in [0.1, 0.15) is 5.60 Å². The molecule has 0 aromatic carbocycles. The standard InChI is InChI=1S/C15H27NO3/c1-11(17)12-9-15(10-12)5-7-16(8-6-15)13(18)19-14(2,3)4/h11-12,17H,5-10H2,1-4H3. The Morgan fingerprint density at radius 3 is 2.26 bits per heavy atom. The molecule has 19 heavy (non-hydrogen) atoms. The average Bonchev–Trinajstić information content (AvgIpc) is 2.23. The third-order valence-corrected chi connectivity index (χ3v) is 4.55. The number of likely N-dealkylation sites (tertiary alicyclic amines) is 1. The van der Waals surface area contributed by atoms with E-state index in [0.29, 0.717) is 11.3 Å². The van der Waals surface area contributed by atoms with Crippen LogP contribution in [0.1, 0.15) is 53.4 Å². The van der Waals surface area contributed by atoms with Crippen molar-refractivity contribution in [3.63, 3.8) is 0 Å². The normalized spacial score (nSPS) is 25.0. The van der Waals surface area contributed by atoms with E-state index in [9.17, 15) is 9.90 Å². The van der Waals surface area contributed by atoms with E-state index in [4.69, 9.17) is 4.74 Å². The Bertz CT molecular complexity index is 330. The molecule has 0 aromatic rings. The Balaban J connectivity index is 1.79. The summed E-state index contributed by atoms with van der Waals surface area (Å²) in [4.78, 5) is 13.8. The third-order valence-electron chi connectivity index (χ3n) is 4.55. The molecule has 1 N–H and O–H groups in total. The Kier molecular flexibility index (Phi) is 3.83. The zero-order chi connectivity index (χ0) is 14.3. The summed E-state index contributed by atoms with van der Waals surface area (Å²) in [7, 11) is 0. The summed E-state index contributed by atoms with van der Waals surface area (Å²) in [6.07, 6.45) is 3.97. The van der Waals surface area contributed by atoms with Crippen molar-refractivity contribution in [1.29, 1.82) is 0 Å². The summed E-state index contributed by atoms with van der Waals surface area (Å²) < 4.78 is 5.40. The number of piperidine rings is 1. The zero-order valence-electron chi connectivity index (χ0n) is 12.6. The number of amides is 1. The highest BCUT2D eigenvalue weighted by Gasteiger charge is 2.47. The van der Waals surface area contributed by atoms with Gasteiger partial charge in [-0.25, -0.2) is 4.79 Å². The molecule has 1 aliphatic heterocycles. The molecule has 1 saturated heterocycles. The Hall–Kier alpha value is -0.770. The van der Waals surface area contributed by atoms with E-state index in [2.05, 4.69) is 0 Å². The third kappa shape index (κ3) is 3.41. The lowest BCUT2D eigenvalue weighted by Gasteiger charge is -2.53. The predicted molar refractivity (Wildman–Crippen MR) is 73.9 cm³/mol. The van der Waals surface area contributed by atoms with Crippen LogP contribution < -0.4 is 0 Å². The largest absolute Gasteiger partial charge is 0.444 e. The molecule has 2 rings (SSSR count). The highest BCUT2D eigenvalue weighted by Crippen LogP contribution is 2.53. The minimum absolute atomic E-state index is 0.186. The fourth-order valence-electron chi connectivity index (χ4n) is 3.29.